The van der Waals surface area contributed by atoms with Crippen LogP contribution in [0.4, 0.5) is 5.69 Å². The molecule has 0 N–H and O–H groups in total. The number of hydrogen-bond donors (Lipinski definition) is 0. The van der Waals surface area contributed by atoms with E-state index in [0.717, 1.165) is 16.1 Å². The molecule has 0 aromatic heterocycles. The minimum Gasteiger partial charge on any atom is -0.304 e. The summed E-state index contributed by atoms with van der Waals surface area (Å²) >= 11 is 1.45. The van der Waals surface area contributed by atoms with Crippen molar-refractivity contribution in [2.45, 2.75) is 11.4 Å². The van der Waals surface area contributed by atoms with Crippen LogP contribution >= 0.6 is 11.8 Å². The number of nitrogens with zero attached hydrogens (tertiary/aromatic N) is 1. The Labute approximate surface area is 192 Å². The van der Waals surface area contributed by atoms with Gasteiger partial charge in [0.1, 0.15) is 0 Å². The van der Waals surface area contributed by atoms with Crippen LogP contribution in [-0.2, 0) is 6.54 Å². The lowest BCUT2D eigenvalue weighted by molar-refractivity contribution is 0.0983. The Morgan fingerprint density at radius 3 is 1.94 bits per heavy atom. The molecule has 0 spiro atoms. The van der Waals surface area contributed by atoms with Gasteiger partial charge in [-0.3, -0.25) is 9.59 Å². The molecule has 3 nitrogen and oxygen atoms in total. The van der Waals surface area contributed by atoms with Crippen LogP contribution < -0.4 is 4.90 Å². The highest BCUT2D eigenvalue weighted by molar-refractivity contribution is 8.00. The smallest absolute Gasteiger partial charge is 0.258 e. The quantitative estimate of drug-likeness (QED) is 0.233. The lowest BCUT2D eigenvalue weighted by atomic mass is 10.1. The van der Waals surface area contributed by atoms with Crippen LogP contribution in [0.25, 0.3) is 0 Å². The fourth-order valence-electron chi connectivity index (χ4n) is 3.39. The first-order chi connectivity index (χ1) is 15.7. The van der Waals surface area contributed by atoms with E-state index in [9.17, 15) is 9.59 Å². The molecule has 0 atom stereocenters. The zero-order valence-corrected chi connectivity index (χ0v) is 18.4. The van der Waals surface area contributed by atoms with E-state index in [1.54, 1.807) is 4.90 Å². The Hall–Kier alpha value is -3.63. The Bertz CT molecular complexity index is 1180. The van der Waals surface area contributed by atoms with Gasteiger partial charge in [0.05, 0.1) is 12.3 Å². The van der Waals surface area contributed by atoms with E-state index in [2.05, 4.69) is 0 Å². The molecule has 1 amide bonds. The number of para-hydroxylation sites is 1. The number of carbonyl (C=O) groups is 2. The summed E-state index contributed by atoms with van der Waals surface area (Å²) in [4.78, 5) is 28.6. The summed E-state index contributed by atoms with van der Waals surface area (Å²) in [5.74, 6) is 0.327. The van der Waals surface area contributed by atoms with Gasteiger partial charge in [-0.15, -0.1) is 11.8 Å². The maximum absolute atomic E-state index is 13.5. The van der Waals surface area contributed by atoms with Gasteiger partial charge in [-0.1, -0.05) is 84.9 Å². The Balaban J connectivity index is 1.53. The molecule has 0 bridgehead atoms. The molecule has 0 radical (unpaired) electrons. The second kappa shape index (κ2) is 10.6. The lowest BCUT2D eigenvalue weighted by Crippen LogP contribution is -2.30. The monoisotopic (exact) mass is 437 g/mol. The first-order valence-electron chi connectivity index (χ1n) is 10.4. The fraction of sp³-hybridized carbons (Fsp3) is 0.0714. The highest BCUT2D eigenvalue weighted by Crippen LogP contribution is 2.24. The minimum absolute atomic E-state index is 0.0716. The summed E-state index contributed by atoms with van der Waals surface area (Å²) in [5, 5.41) is 0. The molecule has 4 aromatic carbocycles. The van der Waals surface area contributed by atoms with Gasteiger partial charge in [-0.25, -0.2) is 0 Å². The maximum atomic E-state index is 13.5. The van der Waals surface area contributed by atoms with Crippen LogP contribution in [0, 0.1) is 0 Å². The molecule has 0 aliphatic carbocycles. The number of carbonyl (C=O) groups excluding carboxylic acids is 2. The third-order valence-electron chi connectivity index (χ3n) is 5.04. The first kappa shape index (κ1) is 21.6. The summed E-state index contributed by atoms with van der Waals surface area (Å²) in [6.45, 7) is 0.480. The number of thioether (sulfide) groups is 1. The number of Topliss-reactive ketones (excluding diaryl/α,β-unsaturated/α-hetero) is 1. The van der Waals surface area contributed by atoms with Crippen molar-refractivity contribution >= 4 is 29.1 Å². The van der Waals surface area contributed by atoms with E-state index in [0.29, 0.717) is 23.4 Å². The van der Waals surface area contributed by atoms with Gasteiger partial charge in [0.25, 0.3) is 5.91 Å². The molecule has 0 saturated carbocycles. The van der Waals surface area contributed by atoms with Crippen molar-refractivity contribution in [1.82, 2.24) is 0 Å². The van der Waals surface area contributed by atoms with E-state index in [1.807, 2.05) is 115 Å². The van der Waals surface area contributed by atoms with Crippen molar-refractivity contribution in [3.05, 3.63) is 132 Å². The van der Waals surface area contributed by atoms with Gasteiger partial charge in [0.2, 0.25) is 0 Å². The first-order valence-corrected chi connectivity index (χ1v) is 11.4. The van der Waals surface area contributed by atoms with Crippen molar-refractivity contribution in [1.29, 1.82) is 0 Å². The second-order valence-electron chi connectivity index (χ2n) is 7.32. The number of rotatable bonds is 8. The standard InChI is InChI=1S/C28H23NO2S/c30-27(23-13-6-2-7-14-23)21-32-26-18-10-15-24(19-26)28(31)29(25-16-8-3-9-17-25)20-22-11-4-1-5-12-22/h1-19H,20-21H2. The molecule has 0 fully saturated rings. The molecule has 0 aliphatic heterocycles. The summed E-state index contributed by atoms with van der Waals surface area (Å²) in [5.41, 5.74) is 3.20. The SMILES string of the molecule is O=C(CSc1cccc(C(=O)N(Cc2ccccc2)c2ccccc2)c1)c1ccccc1. The van der Waals surface area contributed by atoms with Crippen LogP contribution in [0.1, 0.15) is 26.3 Å². The molecule has 0 aliphatic rings. The van der Waals surface area contributed by atoms with Crippen molar-refractivity contribution in [2.75, 3.05) is 10.7 Å². The van der Waals surface area contributed by atoms with Crippen molar-refractivity contribution in [3.8, 4) is 0 Å². The van der Waals surface area contributed by atoms with Gasteiger partial charge in [0.15, 0.2) is 5.78 Å². The Morgan fingerprint density at radius 1 is 0.656 bits per heavy atom. The molecule has 0 unspecified atom stereocenters. The topological polar surface area (TPSA) is 37.4 Å². The fourth-order valence-corrected chi connectivity index (χ4v) is 4.23. The summed E-state index contributed by atoms with van der Waals surface area (Å²) in [6.07, 6.45) is 0. The van der Waals surface area contributed by atoms with Gasteiger partial charge in [-0.05, 0) is 35.9 Å². The minimum atomic E-state index is -0.0723. The number of hydrogen-bond acceptors (Lipinski definition) is 3. The predicted octanol–water partition coefficient (Wildman–Crippen LogP) is 6.51. The molecule has 0 saturated heterocycles. The second-order valence-corrected chi connectivity index (χ2v) is 8.37. The van der Waals surface area contributed by atoms with E-state index >= 15 is 0 Å². The molecule has 4 aromatic rings. The highest BCUT2D eigenvalue weighted by atomic mass is 32.2. The van der Waals surface area contributed by atoms with E-state index in [-0.39, 0.29) is 11.7 Å². The summed E-state index contributed by atoms with van der Waals surface area (Å²) in [6, 6.07) is 36.4. The normalized spacial score (nSPS) is 10.5. The van der Waals surface area contributed by atoms with Gasteiger partial charge < -0.3 is 4.90 Å². The summed E-state index contributed by atoms with van der Waals surface area (Å²) in [7, 11) is 0. The van der Waals surface area contributed by atoms with E-state index in [1.165, 1.54) is 11.8 Å². The highest BCUT2D eigenvalue weighted by Gasteiger charge is 2.19. The number of amides is 1. The van der Waals surface area contributed by atoms with Gasteiger partial charge >= 0.3 is 0 Å². The van der Waals surface area contributed by atoms with Crippen molar-refractivity contribution < 1.29 is 9.59 Å². The van der Waals surface area contributed by atoms with E-state index < -0.39 is 0 Å². The molecular weight excluding hydrogens is 414 g/mol. The average molecular weight is 438 g/mol. The third kappa shape index (κ3) is 5.54. The zero-order chi connectivity index (χ0) is 22.2. The summed E-state index contributed by atoms with van der Waals surface area (Å²) < 4.78 is 0. The Kier molecular flexibility index (Phi) is 7.15. The molecule has 158 valence electrons. The molecule has 4 rings (SSSR count). The van der Waals surface area contributed by atoms with Gasteiger partial charge in [0, 0.05) is 21.7 Å². The van der Waals surface area contributed by atoms with Crippen LogP contribution in [-0.4, -0.2) is 17.4 Å². The largest absolute Gasteiger partial charge is 0.304 e. The van der Waals surface area contributed by atoms with Gasteiger partial charge in [-0.2, -0.15) is 0 Å². The maximum Gasteiger partial charge on any atom is 0.258 e. The van der Waals surface area contributed by atoms with Crippen LogP contribution in [0.5, 0.6) is 0 Å². The molecule has 0 heterocycles. The van der Waals surface area contributed by atoms with Crippen molar-refractivity contribution in [2.24, 2.45) is 0 Å². The zero-order valence-electron chi connectivity index (χ0n) is 17.6. The number of anilines is 1. The molecular formula is C28H23NO2S. The molecule has 32 heavy (non-hydrogen) atoms. The Morgan fingerprint density at radius 2 is 1.25 bits per heavy atom. The van der Waals surface area contributed by atoms with Crippen LogP contribution in [0.2, 0.25) is 0 Å². The van der Waals surface area contributed by atoms with Crippen LogP contribution in [0.3, 0.4) is 0 Å². The number of ketones is 1. The third-order valence-corrected chi connectivity index (χ3v) is 6.04. The lowest BCUT2D eigenvalue weighted by Gasteiger charge is -2.23. The average Bonchev–Trinajstić information content (AvgIpc) is 2.87. The van der Waals surface area contributed by atoms with Crippen molar-refractivity contribution in [3.63, 3.8) is 0 Å². The van der Waals surface area contributed by atoms with E-state index in [4.69, 9.17) is 0 Å². The molecule has 4 heteroatoms. The predicted molar refractivity (Wildman–Crippen MR) is 131 cm³/mol. The number of benzene rings is 4. The van der Waals surface area contributed by atoms with Crippen LogP contribution in [0.15, 0.2) is 120 Å².